The summed E-state index contributed by atoms with van der Waals surface area (Å²) < 4.78 is 5.02. The second kappa shape index (κ2) is 8.38. The molecule has 2 aliphatic heterocycles. The molecule has 0 radical (unpaired) electrons. The maximum absolute atomic E-state index is 12.8. The number of carbonyl (C=O) groups is 2. The summed E-state index contributed by atoms with van der Waals surface area (Å²) in [4.78, 5) is 34.8. The molecular weight excluding hydrogens is 332 g/mol. The highest BCUT2D eigenvalue weighted by Crippen LogP contribution is 2.22. The highest BCUT2D eigenvalue weighted by Gasteiger charge is 2.26. The van der Waals surface area contributed by atoms with Crippen LogP contribution in [0.2, 0.25) is 0 Å². The quantitative estimate of drug-likeness (QED) is 0.827. The molecule has 0 saturated carbocycles. The summed E-state index contributed by atoms with van der Waals surface area (Å²) in [6.07, 6.45) is 3.74. The van der Waals surface area contributed by atoms with Gasteiger partial charge in [0, 0.05) is 51.0 Å². The van der Waals surface area contributed by atoms with Crippen LogP contribution in [-0.2, 0) is 4.74 Å². The maximum Gasteiger partial charge on any atom is 0.409 e. The number of piperazine rings is 1. The van der Waals surface area contributed by atoms with Gasteiger partial charge in [0.25, 0.3) is 5.91 Å². The minimum Gasteiger partial charge on any atom is -0.450 e. The lowest BCUT2D eigenvalue weighted by molar-refractivity contribution is 0.0570. The van der Waals surface area contributed by atoms with Gasteiger partial charge in [-0.2, -0.15) is 0 Å². The van der Waals surface area contributed by atoms with Crippen LogP contribution in [0.25, 0.3) is 0 Å². The van der Waals surface area contributed by atoms with Gasteiger partial charge in [0.2, 0.25) is 0 Å². The number of nitrogens with zero attached hydrogens (tertiary/aromatic N) is 4. The zero-order valence-corrected chi connectivity index (χ0v) is 15.7. The van der Waals surface area contributed by atoms with Crippen molar-refractivity contribution in [3.05, 3.63) is 23.9 Å². The SMILES string of the molecule is CCOC(=O)N1CCN(C(=O)c2ccnc(N3CCC(C)CC3)c2)CC1. The Morgan fingerprint density at radius 2 is 1.77 bits per heavy atom. The van der Waals surface area contributed by atoms with Crippen LogP contribution in [0.1, 0.15) is 37.0 Å². The molecular formula is C19H28N4O3. The van der Waals surface area contributed by atoms with Gasteiger partial charge in [0.05, 0.1) is 6.61 Å². The number of anilines is 1. The molecule has 2 amide bonds. The van der Waals surface area contributed by atoms with Gasteiger partial charge in [-0.05, 0) is 37.8 Å². The van der Waals surface area contributed by atoms with E-state index in [0.717, 1.165) is 37.7 Å². The Labute approximate surface area is 154 Å². The number of hydrogen-bond acceptors (Lipinski definition) is 5. The Morgan fingerprint density at radius 3 is 2.42 bits per heavy atom. The van der Waals surface area contributed by atoms with E-state index in [-0.39, 0.29) is 12.0 Å². The minimum absolute atomic E-state index is 0.00235. The van der Waals surface area contributed by atoms with Crippen molar-refractivity contribution in [3.8, 4) is 0 Å². The fourth-order valence-corrected chi connectivity index (χ4v) is 3.45. The molecule has 0 bridgehead atoms. The third-order valence-electron chi connectivity index (χ3n) is 5.19. The molecule has 2 aliphatic rings. The van der Waals surface area contributed by atoms with Crippen LogP contribution >= 0.6 is 0 Å². The Kier molecular flexibility index (Phi) is 5.96. The van der Waals surface area contributed by atoms with Gasteiger partial charge in [-0.1, -0.05) is 6.92 Å². The first-order valence-electron chi connectivity index (χ1n) is 9.50. The monoisotopic (exact) mass is 360 g/mol. The number of pyridine rings is 1. The summed E-state index contributed by atoms with van der Waals surface area (Å²) >= 11 is 0. The van der Waals surface area contributed by atoms with Gasteiger partial charge in [0.15, 0.2) is 0 Å². The molecule has 0 N–H and O–H groups in total. The van der Waals surface area contributed by atoms with E-state index in [1.807, 2.05) is 6.07 Å². The second-order valence-corrected chi connectivity index (χ2v) is 7.05. The third-order valence-corrected chi connectivity index (χ3v) is 5.19. The number of hydrogen-bond donors (Lipinski definition) is 0. The topological polar surface area (TPSA) is 66.0 Å². The number of piperidine rings is 1. The fourth-order valence-electron chi connectivity index (χ4n) is 3.45. The van der Waals surface area contributed by atoms with Gasteiger partial charge in [0.1, 0.15) is 5.82 Å². The van der Waals surface area contributed by atoms with Gasteiger partial charge >= 0.3 is 6.09 Å². The molecule has 7 nitrogen and oxygen atoms in total. The third kappa shape index (κ3) is 4.26. The van der Waals surface area contributed by atoms with Crippen molar-refractivity contribution in [2.45, 2.75) is 26.7 Å². The van der Waals surface area contributed by atoms with E-state index in [0.29, 0.717) is 38.3 Å². The van der Waals surface area contributed by atoms with Crippen molar-refractivity contribution >= 4 is 17.8 Å². The molecule has 2 fully saturated rings. The molecule has 142 valence electrons. The second-order valence-electron chi connectivity index (χ2n) is 7.05. The maximum atomic E-state index is 12.8. The summed E-state index contributed by atoms with van der Waals surface area (Å²) in [5, 5.41) is 0. The van der Waals surface area contributed by atoms with Crippen LogP contribution in [0.3, 0.4) is 0 Å². The zero-order valence-electron chi connectivity index (χ0n) is 15.7. The smallest absolute Gasteiger partial charge is 0.409 e. The van der Waals surface area contributed by atoms with Crippen LogP contribution in [0.15, 0.2) is 18.3 Å². The highest BCUT2D eigenvalue weighted by molar-refractivity contribution is 5.95. The summed E-state index contributed by atoms with van der Waals surface area (Å²) in [6.45, 7) is 8.48. The van der Waals surface area contributed by atoms with Crippen molar-refractivity contribution in [2.75, 3.05) is 50.8 Å². The van der Waals surface area contributed by atoms with E-state index in [4.69, 9.17) is 4.74 Å². The lowest BCUT2D eigenvalue weighted by atomic mass is 9.99. The van der Waals surface area contributed by atoms with E-state index in [1.54, 1.807) is 29.0 Å². The summed E-state index contributed by atoms with van der Waals surface area (Å²) in [6, 6.07) is 3.67. The first kappa shape index (κ1) is 18.5. The minimum atomic E-state index is -0.301. The normalized spacial score (nSPS) is 18.8. The molecule has 0 atom stereocenters. The Hall–Kier alpha value is -2.31. The molecule has 1 aromatic heterocycles. The van der Waals surface area contributed by atoms with E-state index < -0.39 is 0 Å². The number of ether oxygens (including phenoxy) is 1. The number of rotatable bonds is 3. The molecule has 3 heterocycles. The lowest BCUT2D eigenvalue weighted by Crippen LogP contribution is -2.50. The molecule has 1 aromatic rings. The van der Waals surface area contributed by atoms with Crippen molar-refractivity contribution in [1.29, 1.82) is 0 Å². The van der Waals surface area contributed by atoms with Crippen molar-refractivity contribution in [3.63, 3.8) is 0 Å². The molecule has 0 aromatic carbocycles. The number of aromatic nitrogens is 1. The van der Waals surface area contributed by atoms with Crippen LogP contribution in [0.5, 0.6) is 0 Å². The Bertz CT molecular complexity index is 635. The van der Waals surface area contributed by atoms with Gasteiger partial charge in [-0.15, -0.1) is 0 Å². The van der Waals surface area contributed by atoms with Crippen LogP contribution < -0.4 is 4.90 Å². The molecule has 3 rings (SSSR count). The van der Waals surface area contributed by atoms with Crippen molar-refractivity contribution < 1.29 is 14.3 Å². The Morgan fingerprint density at radius 1 is 1.12 bits per heavy atom. The lowest BCUT2D eigenvalue weighted by Gasteiger charge is -2.34. The fraction of sp³-hybridized carbons (Fsp3) is 0.632. The highest BCUT2D eigenvalue weighted by atomic mass is 16.6. The predicted molar refractivity (Wildman–Crippen MR) is 99.3 cm³/mol. The summed E-state index contributed by atoms with van der Waals surface area (Å²) in [5.74, 6) is 1.64. The van der Waals surface area contributed by atoms with E-state index in [2.05, 4.69) is 16.8 Å². The average molecular weight is 360 g/mol. The van der Waals surface area contributed by atoms with Crippen molar-refractivity contribution in [1.82, 2.24) is 14.8 Å². The zero-order chi connectivity index (χ0) is 18.5. The molecule has 2 saturated heterocycles. The number of carbonyl (C=O) groups excluding carboxylic acids is 2. The van der Waals surface area contributed by atoms with E-state index in [9.17, 15) is 9.59 Å². The molecule has 0 spiro atoms. The van der Waals surface area contributed by atoms with Crippen LogP contribution in [-0.4, -0.2) is 72.7 Å². The van der Waals surface area contributed by atoms with Crippen LogP contribution in [0, 0.1) is 5.92 Å². The first-order chi connectivity index (χ1) is 12.6. The molecule has 7 heteroatoms. The van der Waals surface area contributed by atoms with Gasteiger partial charge in [-0.3, -0.25) is 4.79 Å². The predicted octanol–water partition coefficient (Wildman–Crippen LogP) is 2.23. The van der Waals surface area contributed by atoms with Crippen molar-refractivity contribution in [2.24, 2.45) is 5.92 Å². The van der Waals surface area contributed by atoms with Gasteiger partial charge in [-0.25, -0.2) is 9.78 Å². The largest absolute Gasteiger partial charge is 0.450 e. The standard InChI is InChI=1S/C19H28N4O3/c1-3-26-19(25)23-12-10-22(11-13-23)18(24)16-4-7-20-17(14-16)21-8-5-15(2)6-9-21/h4,7,14-15H,3,5-6,8-13H2,1-2H3. The van der Waals surface area contributed by atoms with Gasteiger partial charge < -0.3 is 19.4 Å². The average Bonchev–Trinajstić information content (AvgIpc) is 2.68. The summed E-state index contributed by atoms with van der Waals surface area (Å²) in [5.41, 5.74) is 0.665. The van der Waals surface area contributed by atoms with Crippen LogP contribution in [0.4, 0.5) is 10.6 Å². The first-order valence-corrected chi connectivity index (χ1v) is 9.50. The molecule has 0 unspecified atom stereocenters. The summed E-state index contributed by atoms with van der Waals surface area (Å²) in [7, 11) is 0. The number of amides is 2. The van der Waals surface area contributed by atoms with E-state index >= 15 is 0 Å². The molecule has 0 aliphatic carbocycles. The molecule has 26 heavy (non-hydrogen) atoms. The Balaban J connectivity index is 1.60. The van der Waals surface area contributed by atoms with E-state index in [1.165, 1.54) is 0 Å².